The van der Waals surface area contributed by atoms with Crippen LogP contribution in [-0.2, 0) is 17.1 Å². The fraction of sp³-hybridized carbons (Fsp3) is 0.182. The van der Waals surface area contributed by atoms with Crippen molar-refractivity contribution in [2.45, 2.75) is 4.90 Å². The first-order valence-corrected chi connectivity index (χ1v) is 7.30. The summed E-state index contributed by atoms with van der Waals surface area (Å²) in [6.45, 7) is 0. The third kappa shape index (κ3) is 2.94. The molecule has 0 aliphatic rings. The van der Waals surface area contributed by atoms with Crippen molar-refractivity contribution in [3.63, 3.8) is 0 Å². The maximum absolute atomic E-state index is 12.4. The molecule has 112 valence electrons. The Labute approximate surface area is 120 Å². The number of rotatable bonds is 5. The van der Waals surface area contributed by atoms with E-state index in [1.807, 2.05) is 0 Å². The topological polar surface area (TPSA) is 119 Å². The van der Waals surface area contributed by atoms with Crippen LogP contribution in [0.2, 0.25) is 0 Å². The maximum atomic E-state index is 12.4. The molecule has 0 unspecified atom stereocenters. The molecular weight excluding hydrogens is 298 g/mol. The van der Waals surface area contributed by atoms with Crippen LogP contribution >= 0.6 is 0 Å². The van der Waals surface area contributed by atoms with Crippen molar-refractivity contribution in [1.82, 2.24) is 9.78 Å². The summed E-state index contributed by atoms with van der Waals surface area (Å²) in [6.07, 6.45) is 1.43. The molecular formula is C11H13N5O4S. The van der Waals surface area contributed by atoms with Crippen molar-refractivity contribution >= 4 is 27.2 Å². The van der Waals surface area contributed by atoms with Crippen molar-refractivity contribution in [3.05, 3.63) is 40.6 Å². The summed E-state index contributed by atoms with van der Waals surface area (Å²) < 4.78 is 28.5. The number of benzene rings is 1. The summed E-state index contributed by atoms with van der Waals surface area (Å²) in [5.74, 6) is 0.253. The van der Waals surface area contributed by atoms with Crippen LogP contribution in [0.4, 0.5) is 17.2 Å². The molecule has 0 saturated heterocycles. The molecule has 0 saturated carbocycles. The number of aryl methyl sites for hydroxylation is 1. The van der Waals surface area contributed by atoms with Crippen LogP contribution in [0.15, 0.2) is 35.4 Å². The third-order valence-electron chi connectivity index (χ3n) is 2.79. The summed E-state index contributed by atoms with van der Waals surface area (Å²) in [6, 6.07) is 5.06. The third-order valence-corrected chi connectivity index (χ3v) is 4.19. The van der Waals surface area contributed by atoms with Gasteiger partial charge in [-0.25, -0.2) is 8.42 Å². The quantitative estimate of drug-likeness (QED) is 0.632. The van der Waals surface area contributed by atoms with Gasteiger partial charge in [0, 0.05) is 32.3 Å². The molecule has 0 amide bonds. The van der Waals surface area contributed by atoms with Crippen LogP contribution in [0.5, 0.6) is 0 Å². The lowest BCUT2D eigenvalue weighted by molar-refractivity contribution is -0.385. The molecule has 2 rings (SSSR count). The molecule has 0 atom stereocenters. The Bertz CT molecular complexity index is 784. The number of non-ortho nitro benzene ring substituents is 1. The van der Waals surface area contributed by atoms with Gasteiger partial charge in [-0.05, 0) is 6.07 Å². The van der Waals surface area contributed by atoms with Crippen molar-refractivity contribution in [2.24, 2.45) is 7.05 Å². The second-order valence-corrected chi connectivity index (χ2v) is 5.78. The van der Waals surface area contributed by atoms with Gasteiger partial charge >= 0.3 is 0 Å². The van der Waals surface area contributed by atoms with Gasteiger partial charge in [-0.3, -0.25) is 19.5 Å². The highest BCUT2D eigenvalue weighted by atomic mass is 32.2. The van der Waals surface area contributed by atoms with Gasteiger partial charge < -0.3 is 5.32 Å². The Morgan fingerprint density at radius 3 is 2.57 bits per heavy atom. The molecule has 1 heterocycles. The maximum Gasteiger partial charge on any atom is 0.270 e. The number of anilines is 2. The minimum Gasteiger partial charge on any atom is -0.387 e. The van der Waals surface area contributed by atoms with E-state index in [4.69, 9.17) is 0 Å². The van der Waals surface area contributed by atoms with Crippen LogP contribution in [0.3, 0.4) is 0 Å². The second kappa shape index (κ2) is 5.40. The van der Waals surface area contributed by atoms with Crippen LogP contribution in [-0.4, -0.2) is 30.2 Å². The predicted octanol–water partition coefficient (Wildman–Crippen LogP) is 1.17. The highest BCUT2D eigenvalue weighted by molar-refractivity contribution is 7.92. The SMILES string of the molecule is CNc1ccc([N+](=O)[O-])cc1S(=O)(=O)Nc1ccnn1C. The van der Waals surface area contributed by atoms with E-state index in [0.717, 1.165) is 6.07 Å². The molecule has 9 nitrogen and oxygen atoms in total. The van der Waals surface area contributed by atoms with Gasteiger partial charge in [-0.2, -0.15) is 5.10 Å². The van der Waals surface area contributed by atoms with Gasteiger partial charge in [-0.15, -0.1) is 0 Å². The molecule has 0 aliphatic carbocycles. The summed E-state index contributed by atoms with van der Waals surface area (Å²) in [7, 11) is -0.877. The second-order valence-electron chi connectivity index (χ2n) is 4.13. The number of nitrogens with zero attached hydrogens (tertiary/aromatic N) is 3. The van der Waals surface area contributed by atoms with Gasteiger partial charge in [0.1, 0.15) is 10.7 Å². The molecule has 0 aliphatic heterocycles. The van der Waals surface area contributed by atoms with Crippen molar-refractivity contribution < 1.29 is 13.3 Å². The number of nitro benzene ring substituents is 1. The largest absolute Gasteiger partial charge is 0.387 e. The highest BCUT2D eigenvalue weighted by Crippen LogP contribution is 2.27. The lowest BCUT2D eigenvalue weighted by Crippen LogP contribution is -2.17. The lowest BCUT2D eigenvalue weighted by atomic mass is 10.3. The number of aromatic nitrogens is 2. The fourth-order valence-electron chi connectivity index (χ4n) is 1.72. The number of nitro groups is 1. The van der Waals surface area contributed by atoms with Gasteiger partial charge in [0.2, 0.25) is 0 Å². The monoisotopic (exact) mass is 311 g/mol. The average Bonchev–Trinajstić information content (AvgIpc) is 2.82. The summed E-state index contributed by atoms with van der Waals surface area (Å²) >= 11 is 0. The minimum atomic E-state index is -3.98. The molecule has 0 spiro atoms. The zero-order chi connectivity index (χ0) is 15.6. The molecule has 0 fully saturated rings. The van der Waals surface area contributed by atoms with Crippen LogP contribution in [0.25, 0.3) is 0 Å². The van der Waals surface area contributed by atoms with Gasteiger partial charge in [0.25, 0.3) is 15.7 Å². The molecule has 0 bridgehead atoms. The Kier molecular flexibility index (Phi) is 3.80. The van der Waals surface area contributed by atoms with E-state index < -0.39 is 14.9 Å². The minimum absolute atomic E-state index is 0.208. The predicted molar refractivity (Wildman–Crippen MR) is 76.7 cm³/mol. The molecule has 10 heteroatoms. The molecule has 21 heavy (non-hydrogen) atoms. The van der Waals surface area contributed by atoms with Crippen molar-refractivity contribution in [3.8, 4) is 0 Å². The number of hydrogen-bond donors (Lipinski definition) is 2. The average molecular weight is 311 g/mol. The zero-order valence-corrected chi connectivity index (χ0v) is 12.1. The smallest absolute Gasteiger partial charge is 0.270 e. The van der Waals surface area contributed by atoms with Crippen LogP contribution < -0.4 is 10.0 Å². The van der Waals surface area contributed by atoms with Gasteiger partial charge in [0.05, 0.1) is 16.8 Å². The number of sulfonamides is 1. The molecule has 0 radical (unpaired) electrons. The molecule has 1 aromatic heterocycles. The van der Waals surface area contributed by atoms with E-state index in [1.165, 1.54) is 36.1 Å². The van der Waals surface area contributed by atoms with Crippen molar-refractivity contribution in [2.75, 3.05) is 17.1 Å². The fourth-order valence-corrected chi connectivity index (χ4v) is 3.04. The van der Waals surface area contributed by atoms with E-state index in [2.05, 4.69) is 15.1 Å². The van der Waals surface area contributed by atoms with Gasteiger partial charge in [-0.1, -0.05) is 0 Å². The first-order valence-electron chi connectivity index (χ1n) is 5.82. The van der Waals surface area contributed by atoms with E-state index in [1.54, 1.807) is 7.05 Å². The van der Waals surface area contributed by atoms with E-state index in [-0.39, 0.29) is 22.1 Å². The Balaban J connectivity index is 2.50. The zero-order valence-electron chi connectivity index (χ0n) is 11.3. The summed E-state index contributed by atoms with van der Waals surface area (Å²) in [5.41, 5.74) is -0.0466. The van der Waals surface area contributed by atoms with E-state index in [9.17, 15) is 18.5 Å². The highest BCUT2D eigenvalue weighted by Gasteiger charge is 2.22. The Morgan fingerprint density at radius 1 is 1.33 bits per heavy atom. The first-order chi connectivity index (χ1) is 9.85. The number of hydrogen-bond acceptors (Lipinski definition) is 6. The molecule has 2 N–H and O–H groups in total. The first kappa shape index (κ1) is 14.8. The number of nitrogens with one attached hydrogen (secondary N) is 2. The summed E-state index contributed by atoms with van der Waals surface area (Å²) in [4.78, 5) is 9.95. The summed E-state index contributed by atoms with van der Waals surface area (Å²) in [5, 5.41) is 17.4. The standard InChI is InChI=1S/C11H13N5O4S/c1-12-9-4-3-8(16(17)18)7-10(9)21(19,20)14-11-5-6-13-15(11)2/h3-7,12,14H,1-2H3. The molecule has 2 aromatic rings. The normalized spacial score (nSPS) is 11.1. The van der Waals surface area contributed by atoms with E-state index >= 15 is 0 Å². The van der Waals surface area contributed by atoms with Crippen LogP contribution in [0.1, 0.15) is 0 Å². The lowest BCUT2D eigenvalue weighted by Gasteiger charge is -2.11. The Morgan fingerprint density at radius 2 is 2.05 bits per heavy atom. The van der Waals surface area contributed by atoms with Crippen LogP contribution in [0, 0.1) is 10.1 Å². The van der Waals surface area contributed by atoms with E-state index in [0.29, 0.717) is 0 Å². The van der Waals surface area contributed by atoms with Crippen molar-refractivity contribution in [1.29, 1.82) is 0 Å². The Hall–Kier alpha value is -2.62. The van der Waals surface area contributed by atoms with Gasteiger partial charge in [0.15, 0.2) is 0 Å². The molecule has 1 aromatic carbocycles.